The normalized spacial score (nSPS) is 31.8. The average molecular weight is 309 g/mol. The van der Waals surface area contributed by atoms with Gasteiger partial charge in [-0.1, -0.05) is 6.42 Å². The van der Waals surface area contributed by atoms with Gasteiger partial charge in [0.05, 0.1) is 16.7 Å². The first-order valence-electron chi connectivity index (χ1n) is 8.15. The number of hydrogen-bond donors (Lipinski definition) is 0. The zero-order chi connectivity index (χ0) is 14.4. The molecule has 116 valence electrons. The van der Waals surface area contributed by atoms with Gasteiger partial charge in [-0.3, -0.25) is 9.58 Å². The zero-order valence-electron chi connectivity index (χ0n) is 12.4. The Kier molecular flexibility index (Phi) is 3.34. The maximum Gasteiger partial charge on any atom is 0.155 e. The highest BCUT2D eigenvalue weighted by molar-refractivity contribution is 7.92. The van der Waals surface area contributed by atoms with Gasteiger partial charge in [-0.05, 0) is 38.2 Å². The van der Waals surface area contributed by atoms with Crippen molar-refractivity contribution >= 4 is 9.84 Å². The predicted octanol–water partition coefficient (Wildman–Crippen LogP) is 1.37. The number of rotatable bonds is 2. The molecule has 2 unspecified atom stereocenters. The second-order valence-electron chi connectivity index (χ2n) is 6.68. The predicted molar refractivity (Wildman–Crippen MR) is 80.8 cm³/mol. The van der Waals surface area contributed by atoms with Gasteiger partial charge in [0.2, 0.25) is 0 Å². The Balaban J connectivity index is 1.53. The molecule has 1 saturated carbocycles. The monoisotopic (exact) mass is 309 g/mol. The number of hydrogen-bond acceptors (Lipinski definition) is 4. The SMILES string of the molecule is O=S1(=O)CCN(Cc2cc3n(n2)CCCC3)C2CCCC21. The molecule has 0 N–H and O–H groups in total. The van der Waals surface area contributed by atoms with Crippen molar-refractivity contribution in [2.75, 3.05) is 12.3 Å². The number of nitrogens with zero attached hydrogens (tertiary/aromatic N) is 3. The summed E-state index contributed by atoms with van der Waals surface area (Å²) in [7, 11) is -2.86. The lowest BCUT2D eigenvalue weighted by molar-refractivity contribution is 0.189. The molecule has 1 aliphatic carbocycles. The molecule has 2 aliphatic heterocycles. The van der Waals surface area contributed by atoms with Crippen molar-refractivity contribution in [1.29, 1.82) is 0 Å². The lowest BCUT2D eigenvalue weighted by atomic mass is 10.1. The highest BCUT2D eigenvalue weighted by atomic mass is 32.2. The fourth-order valence-electron chi connectivity index (χ4n) is 4.26. The summed E-state index contributed by atoms with van der Waals surface area (Å²) >= 11 is 0. The topological polar surface area (TPSA) is 55.2 Å². The van der Waals surface area contributed by atoms with Crippen molar-refractivity contribution in [2.45, 2.75) is 62.9 Å². The first-order valence-corrected chi connectivity index (χ1v) is 9.86. The molecule has 0 aromatic carbocycles. The third-order valence-electron chi connectivity index (χ3n) is 5.34. The van der Waals surface area contributed by atoms with E-state index in [4.69, 9.17) is 5.10 Å². The molecule has 3 heterocycles. The van der Waals surface area contributed by atoms with Crippen LogP contribution in [-0.4, -0.2) is 46.7 Å². The van der Waals surface area contributed by atoms with Gasteiger partial charge in [-0.25, -0.2) is 8.42 Å². The van der Waals surface area contributed by atoms with Crippen molar-refractivity contribution < 1.29 is 8.42 Å². The molecule has 5 nitrogen and oxygen atoms in total. The van der Waals surface area contributed by atoms with Crippen LogP contribution < -0.4 is 0 Å². The van der Waals surface area contributed by atoms with Crippen LogP contribution in [0.25, 0.3) is 0 Å². The summed E-state index contributed by atoms with van der Waals surface area (Å²) < 4.78 is 26.5. The standard InChI is InChI=1S/C15H23N3O2S/c19-21(20)9-8-17(14-5-3-6-15(14)21)11-12-10-13-4-1-2-7-18(13)16-12/h10,14-15H,1-9,11H2. The molecule has 21 heavy (non-hydrogen) atoms. The van der Waals surface area contributed by atoms with Crippen LogP contribution in [0.1, 0.15) is 43.5 Å². The minimum Gasteiger partial charge on any atom is -0.292 e. The molecule has 1 aromatic rings. The van der Waals surface area contributed by atoms with E-state index < -0.39 is 9.84 Å². The molecule has 1 aromatic heterocycles. The molecular formula is C15H23N3O2S. The maximum atomic E-state index is 12.2. The molecule has 6 heteroatoms. The molecule has 0 spiro atoms. The van der Waals surface area contributed by atoms with E-state index in [2.05, 4.69) is 15.6 Å². The van der Waals surface area contributed by atoms with Gasteiger partial charge in [0.15, 0.2) is 9.84 Å². The molecule has 0 amide bonds. The molecule has 1 saturated heterocycles. The second-order valence-corrected chi connectivity index (χ2v) is 9.02. The van der Waals surface area contributed by atoms with Gasteiger partial charge in [0.1, 0.15) is 0 Å². The highest BCUT2D eigenvalue weighted by Crippen LogP contribution is 2.34. The van der Waals surface area contributed by atoms with Crippen LogP contribution in [0.5, 0.6) is 0 Å². The van der Waals surface area contributed by atoms with Crippen molar-refractivity contribution in [3.8, 4) is 0 Å². The highest BCUT2D eigenvalue weighted by Gasteiger charge is 2.44. The Morgan fingerprint density at radius 1 is 1.19 bits per heavy atom. The van der Waals surface area contributed by atoms with Crippen LogP contribution in [0, 0.1) is 0 Å². The Morgan fingerprint density at radius 2 is 2.10 bits per heavy atom. The van der Waals surface area contributed by atoms with Gasteiger partial charge in [-0.15, -0.1) is 0 Å². The van der Waals surface area contributed by atoms with Gasteiger partial charge in [0, 0.05) is 31.4 Å². The van der Waals surface area contributed by atoms with Gasteiger partial charge < -0.3 is 0 Å². The number of aromatic nitrogens is 2. The van der Waals surface area contributed by atoms with E-state index in [-0.39, 0.29) is 11.3 Å². The minimum atomic E-state index is -2.86. The van der Waals surface area contributed by atoms with Crippen LogP contribution in [0.3, 0.4) is 0 Å². The smallest absolute Gasteiger partial charge is 0.155 e. The number of aryl methyl sites for hydroxylation is 2. The zero-order valence-corrected chi connectivity index (χ0v) is 13.2. The first kappa shape index (κ1) is 13.8. The molecule has 2 atom stereocenters. The number of fused-ring (bicyclic) bond motifs is 2. The van der Waals surface area contributed by atoms with Crippen molar-refractivity contribution in [2.24, 2.45) is 0 Å². The fourth-order valence-corrected chi connectivity index (χ4v) is 6.37. The van der Waals surface area contributed by atoms with E-state index in [1.54, 1.807) is 0 Å². The van der Waals surface area contributed by atoms with E-state index in [9.17, 15) is 8.42 Å². The van der Waals surface area contributed by atoms with Crippen LogP contribution in [0.4, 0.5) is 0 Å². The molecular weight excluding hydrogens is 286 g/mol. The lowest BCUT2D eigenvalue weighted by Gasteiger charge is -2.36. The van der Waals surface area contributed by atoms with Crippen molar-refractivity contribution in [1.82, 2.24) is 14.7 Å². The van der Waals surface area contributed by atoms with E-state index in [0.29, 0.717) is 12.3 Å². The largest absolute Gasteiger partial charge is 0.292 e. The van der Waals surface area contributed by atoms with E-state index in [0.717, 1.165) is 44.5 Å². The Hall–Kier alpha value is -0.880. The Labute approximate surface area is 126 Å². The maximum absolute atomic E-state index is 12.2. The summed E-state index contributed by atoms with van der Waals surface area (Å²) in [6, 6.07) is 2.45. The average Bonchev–Trinajstić information content (AvgIpc) is 3.08. The van der Waals surface area contributed by atoms with Crippen LogP contribution in [0.15, 0.2) is 6.07 Å². The first-order chi connectivity index (χ1) is 10.1. The summed E-state index contributed by atoms with van der Waals surface area (Å²) in [5.41, 5.74) is 2.47. The van der Waals surface area contributed by atoms with Crippen molar-refractivity contribution in [3.05, 3.63) is 17.5 Å². The molecule has 4 rings (SSSR count). The van der Waals surface area contributed by atoms with Gasteiger partial charge >= 0.3 is 0 Å². The quantitative estimate of drug-likeness (QED) is 0.828. The van der Waals surface area contributed by atoms with Gasteiger partial charge in [0.25, 0.3) is 0 Å². The minimum absolute atomic E-state index is 0.122. The number of sulfone groups is 1. The van der Waals surface area contributed by atoms with E-state index >= 15 is 0 Å². The second kappa shape index (κ2) is 5.09. The molecule has 3 aliphatic rings. The third-order valence-corrected chi connectivity index (χ3v) is 7.57. The van der Waals surface area contributed by atoms with Crippen LogP contribution in [0.2, 0.25) is 0 Å². The summed E-state index contributed by atoms with van der Waals surface area (Å²) in [5.74, 6) is 0.321. The van der Waals surface area contributed by atoms with E-state index in [1.165, 1.54) is 18.5 Å². The van der Waals surface area contributed by atoms with Crippen molar-refractivity contribution in [3.63, 3.8) is 0 Å². The summed E-state index contributed by atoms with van der Waals surface area (Å²) in [5, 5.41) is 4.60. The van der Waals surface area contributed by atoms with Crippen LogP contribution >= 0.6 is 0 Å². The fraction of sp³-hybridized carbons (Fsp3) is 0.800. The third kappa shape index (κ3) is 2.42. The molecule has 0 bridgehead atoms. The Morgan fingerprint density at radius 3 is 2.95 bits per heavy atom. The van der Waals surface area contributed by atoms with Crippen LogP contribution in [-0.2, 0) is 29.3 Å². The van der Waals surface area contributed by atoms with Gasteiger partial charge in [-0.2, -0.15) is 5.10 Å². The lowest BCUT2D eigenvalue weighted by Crippen LogP contribution is -2.51. The summed E-state index contributed by atoms with van der Waals surface area (Å²) in [6.07, 6.45) is 6.54. The Bertz CT molecular complexity index is 614. The summed E-state index contributed by atoms with van der Waals surface area (Å²) in [4.78, 5) is 2.37. The summed E-state index contributed by atoms with van der Waals surface area (Å²) in [6.45, 7) is 2.53. The molecule has 0 radical (unpaired) electrons. The molecule has 2 fully saturated rings. The van der Waals surface area contributed by atoms with E-state index in [1.807, 2.05) is 0 Å².